The number of ether oxygens (including phenoxy) is 1. The number of rotatable bonds is 1. The first-order valence-electron chi connectivity index (χ1n) is 4.01. The maximum atomic E-state index is 10.7. The van der Waals surface area contributed by atoms with Gasteiger partial charge < -0.3 is 14.9 Å². The smallest absolute Gasteiger partial charge is 0.339 e. The summed E-state index contributed by atoms with van der Waals surface area (Å²) in [7, 11) is 0. The lowest BCUT2D eigenvalue weighted by atomic mass is 10.1. The minimum atomic E-state index is -1.22. The molecule has 4 nitrogen and oxygen atoms in total. The van der Waals surface area contributed by atoms with Gasteiger partial charge in [-0.25, -0.2) is 4.79 Å². The van der Waals surface area contributed by atoms with E-state index < -0.39 is 5.97 Å². The quantitative estimate of drug-likeness (QED) is 0.747. The Morgan fingerprint density at radius 3 is 2.93 bits per heavy atom. The normalized spacial score (nSPS) is 13.5. The first-order valence-corrected chi connectivity index (χ1v) is 4.39. The molecule has 0 atom stereocenters. The van der Waals surface area contributed by atoms with Crippen LogP contribution >= 0.6 is 11.6 Å². The van der Waals surface area contributed by atoms with Gasteiger partial charge >= 0.3 is 5.97 Å². The average Bonchev–Trinajstić information content (AvgIpc) is 2.58. The minimum absolute atomic E-state index is 0.0809. The third kappa shape index (κ3) is 1.19. The predicted octanol–water partition coefficient (Wildman–Crippen LogP) is 1.68. The Balaban J connectivity index is 2.67. The van der Waals surface area contributed by atoms with E-state index in [-0.39, 0.29) is 16.3 Å². The van der Waals surface area contributed by atoms with Gasteiger partial charge in [0.15, 0.2) is 0 Å². The highest BCUT2D eigenvalue weighted by Gasteiger charge is 2.23. The number of carbonyl (C=O) groups is 1. The summed E-state index contributed by atoms with van der Waals surface area (Å²) in [6.07, 6.45) is 0.599. The van der Waals surface area contributed by atoms with E-state index in [2.05, 4.69) is 0 Å². The molecule has 0 amide bonds. The zero-order valence-electron chi connectivity index (χ0n) is 7.08. The Morgan fingerprint density at radius 2 is 2.29 bits per heavy atom. The fourth-order valence-corrected chi connectivity index (χ4v) is 1.73. The highest BCUT2D eigenvalue weighted by molar-refractivity contribution is 6.33. The van der Waals surface area contributed by atoms with E-state index in [4.69, 9.17) is 21.4 Å². The number of hydrogen-bond acceptors (Lipinski definition) is 3. The second-order valence-corrected chi connectivity index (χ2v) is 3.34. The van der Waals surface area contributed by atoms with Crippen LogP contribution in [0.2, 0.25) is 5.02 Å². The fourth-order valence-electron chi connectivity index (χ4n) is 1.44. The van der Waals surface area contributed by atoms with Gasteiger partial charge in [0, 0.05) is 12.0 Å². The zero-order valence-corrected chi connectivity index (χ0v) is 7.84. The second kappa shape index (κ2) is 3.06. The molecule has 74 valence electrons. The Kier molecular flexibility index (Phi) is 2.00. The largest absolute Gasteiger partial charge is 0.505 e. The summed E-state index contributed by atoms with van der Waals surface area (Å²) in [5, 5.41) is 18.3. The molecule has 1 heterocycles. The number of carboxylic acid groups (broad SMARTS) is 1. The van der Waals surface area contributed by atoms with E-state index in [9.17, 15) is 9.90 Å². The molecule has 2 rings (SSSR count). The van der Waals surface area contributed by atoms with Gasteiger partial charge in [0.05, 0.1) is 11.6 Å². The maximum Gasteiger partial charge on any atom is 0.339 e. The molecule has 1 aromatic carbocycles. The molecule has 1 aliphatic heterocycles. The van der Waals surface area contributed by atoms with Crippen LogP contribution in [0.15, 0.2) is 6.07 Å². The lowest BCUT2D eigenvalue weighted by Crippen LogP contribution is -1.98. The van der Waals surface area contributed by atoms with E-state index in [0.717, 1.165) is 0 Å². The lowest BCUT2D eigenvalue weighted by molar-refractivity contribution is 0.0693. The standard InChI is InChI=1S/C9H7ClO4/c10-7-4-1-2-14-6(4)3-5(8(7)11)9(12)13/h3,11H,1-2H2,(H,12,13). The van der Waals surface area contributed by atoms with Crippen molar-refractivity contribution < 1.29 is 19.7 Å². The molecule has 0 unspecified atom stereocenters. The Bertz CT molecular complexity index is 414. The molecular weight excluding hydrogens is 208 g/mol. The average molecular weight is 215 g/mol. The zero-order chi connectivity index (χ0) is 10.3. The van der Waals surface area contributed by atoms with E-state index in [1.54, 1.807) is 0 Å². The molecule has 1 aliphatic rings. The van der Waals surface area contributed by atoms with Crippen molar-refractivity contribution in [3.63, 3.8) is 0 Å². The van der Waals surface area contributed by atoms with E-state index in [0.29, 0.717) is 24.3 Å². The van der Waals surface area contributed by atoms with Crippen LogP contribution < -0.4 is 4.74 Å². The fraction of sp³-hybridized carbons (Fsp3) is 0.222. The van der Waals surface area contributed by atoms with Crippen molar-refractivity contribution in [2.75, 3.05) is 6.61 Å². The molecule has 14 heavy (non-hydrogen) atoms. The van der Waals surface area contributed by atoms with Crippen LogP contribution in [0, 0.1) is 0 Å². The summed E-state index contributed by atoms with van der Waals surface area (Å²) in [6, 6.07) is 1.30. The topological polar surface area (TPSA) is 66.8 Å². The molecule has 0 fully saturated rings. The third-order valence-electron chi connectivity index (χ3n) is 2.14. The summed E-state index contributed by atoms with van der Waals surface area (Å²) < 4.78 is 5.17. The van der Waals surface area contributed by atoms with Gasteiger partial charge in [0.1, 0.15) is 17.1 Å². The SMILES string of the molecule is O=C(O)c1cc2c(c(Cl)c1O)CCO2. The molecule has 0 saturated carbocycles. The summed E-state index contributed by atoms with van der Waals surface area (Å²) in [5.74, 6) is -1.16. The molecule has 0 saturated heterocycles. The number of aromatic carboxylic acids is 1. The molecule has 0 radical (unpaired) electrons. The van der Waals surface area contributed by atoms with Crippen LogP contribution in [-0.4, -0.2) is 22.8 Å². The summed E-state index contributed by atoms with van der Waals surface area (Å²) in [5.41, 5.74) is 0.449. The maximum absolute atomic E-state index is 10.7. The number of hydrogen-bond donors (Lipinski definition) is 2. The lowest BCUT2D eigenvalue weighted by Gasteiger charge is -2.06. The van der Waals surface area contributed by atoms with Gasteiger partial charge in [-0.3, -0.25) is 0 Å². The van der Waals surface area contributed by atoms with Crippen molar-refractivity contribution in [2.24, 2.45) is 0 Å². The van der Waals surface area contributed by atoms with E-state index in [1.165, 1.54) is 6.07 Å². The first kappa shape index (κ1) is 9.15. The van der Waals surface area contributed by atoms with Crippen molar-refractivity contribution in [3.8, 4) is 11.5 Å². The number of benzene rings is 1. The summed E-state index contributed by atoms with van der Waals surface area (Å²) in [4.78, 5) is 10.7. The van der Waals surface area contributed by atoms with Gasteiger partial charge in [0.2, 0.25) is 0 Å². The Hall–Kier alpha value is -1.42. The highest BCUT2D eigenvalue weighted by atomic mass is 35.5. The molecule has 0 spiro atoms. The molecule has 0 aliphatic carbocycles. The second-order valence-electron chi connectivity index (χ2n) is 2.97. The van der Waals surface area contributed by atoms with Crippen molar-refractivity contribution >= 4 is 17.6 Å². The van der Waals surface area contributed by atoms with Gasteiger partial charge in [-0.1, -0.05) is 11.6 Å². The molecule has 0 aromatic heterocycles. The van der Waals surface area contributed by atoms with E-state index >= 15 is 0 Å². The van der Waals surface area contributed by atoms with Crippen LogP contribution in [0.5, 0.6) is 11.5 Å². The number of fused-ring (bicyclic) bond motifs is 1. The van der Waals surface area contributed by atoms with Gasteiger partial charge in [-0.15, -0.1) is 0 Å². The van der Waals surface area contributed by atoms with Crippen LogP contribution in [0.4, 0.5) is 0 Å². The molecule has 1 aromatic rings. The predicted molar refractivity (Wildman–Crippen MR) is 49.3 cm³/mol. The molecule has 2 N–H and O–H groups in total. The van der Waals surface area contributed by atoms with Gasteiger partial charge in [-0.05, 0) is 6.07 Å². The summed E-state index contributed by atoms with van der Waals surface area (Å²) >= 11 is 5.79. The van der Waals surface area contributed by atoms with Gasteiger partial charge in [0.25, 0.3) is 0 Å². The van der Waals surface area contributed by atoms with Crippen molar-refractivity contribution in [3.05, 3.63) is 22.2 Å². The summed E-state index contributed by atoms with van der Waals surface area (Å²) in [6.45, 7) is 0.470. The number of carboxylic acids is 1. The third-order valence-corrected chi connectivity index (χ3v) is 2.55. The van der Waals surface area contributed by atoms with Crippen molar-refractivity contribution in [1.82, 2.24) is 0 Å². The van der Waals surface area contributed by atoms with Crippen molar-refractivity contribution in [1.29, 1.82) is 0 Å². The minimum Gasteiger partial charge on any atom is -0.505 e. The van der Waals surface area contributed by atoms with Crippen LogP contribution in [0.3, 0.4) is 0 Å². The Morgan fingerprint density at radius 1 is 1.57 bits per heavy atom. The number of halogens is 1. The molecule has 5 heteroatoms. The van der Waals surface area contributed by atoms with Crippen LogP contribution in [0.25, 0.3) is 0 Å². The van der Waals surface area contributed by atoms with E-state index in [1.807, 2.05) is 0 Å². The number of aromatic hydroxyl groups is 1. The molecule has 0 bridgehead atoms. The van der Waals surface area contributed by atoms with Gasteiger partial charge in [-0.2, -0.15) is 0 Å². The Labute approximate surface area is 84.7 Å². The number of phenols is 1. The highest BCUT2D eigenvalue weighted by Crippen LogP contribution is 2.40. The monoisotopic (exact) mass is 214 g/mol. The first-order chi connectivity index (χ1) is 6.61. The van der Waals surface area contributed by atoms with Crippen LogP contribution in [0.1, 0.15) is 15.9 Å². The molecular formula is C9H7ClO4. The van der Waals surface area contributed by atoms with Crippen molar-refractivity contribution in [2.45, 2.75) is 6.42 Å². The van der Waals surface area contributed by atoms with Crippen LogP contribution in [-0.2, 0) is 6.42 Å².